The van der Waals surface area contributed by atoms with E-state index in [9.17, 15) is 10.4 Å². The lowest BCUT2D eigenvalue weighted by Gasteiger charge is -2.36. The predicted molar refractivity (Wildman–Crippen MR) is 192 cm³/mol. The van der Waals surface area contributed by atoms with E-state index in [-0.39, 0.29) is 29.8 Å². The first-order valence-corrected chi connectivity index (χ1v) is 18.0. The van der Waals surface area contributed by atoms with Gasteiger partial charge in [-0.15, -0.1) is 11.3 Å². The zero-order valence-electron chi connectivity index (χ0n) is 27.5. The molecular weight excluding hydrogens is 636 g/mol. The van der Waals surface area contributed by atoms with E-state index in [1.165, 1.54) is 0 Å². The summed E-state index contributed by atoms with van der Waals surface area (Å²) in [6.07, 6.45) is 7.99. The van der Waals surface area contributed by atoms with Crippen molar-refractivity contribution in [3.8, 4) is 39.3 Å². The summed E-state index contributed by atoms with van der Waals surface area (Å²) in [6.45, 7) is 4.45. The Morgan fingerprint density at radius 2 is 2.06 bits per heavy atom. The van der Waals surface area contributed by atoms with Crippen LogP contribution in [0.5, 0.6) is 11.6 Å². The maximum Gasteiger partial charge on any atom is 0.224 e. The molecule has 3 aromatic carbocycles. The van der Waals surface area contributed by atoms with Crippen LogP contribution in [0.3, 0.4) is 0 Å². The molecule has 4 aliphatic rings. The van der Waals surface area contributed by atoms with Crippen molar-refractivity contribution in [1.82, 2.24) is 24.8 Å². The van der Waals surface area contributed by atoms with Crippen LogP contribution in [0.1, 0.15) is 42.3 Å². The summed E-state index contributed by atoms with van der Waals surface area (Å²) in [5.41, 5.74) is 3.80. The Balaban J connectivity index is 1.36. The number of likely N-dealkylation sites (N-methyl/N-ethyl adjacent to an activating group) is 1. The third-order valence-electron chi connectivity index (χ3n) is 11.0. The molecule has 4 atom stereocenters. The average Bonchev–Trinajstić information content (AvgIpc) is 3.93. The van der Waals surface area contributed by atoms with Gasteiger partial charge < -0.3 is 24.6 Å². The van der Waals surface area contributed by atoms with E-state index in [1.807, 2.05) is 43.5 Å². The van der Waals surface area contributed by atoms with Crippen LogP contribution in [0.15, 0.2) is 54.9 Å². The van der Waals surface area contributed by atoms with Crippen LogP contribution in [-0.4, -0.2) is 63.4 Å². The first-order valence-electron chi connectivity index (χ1n) is 17.2. The molecule has 8 nitrogen and oxygen atoms in total. The van der Waals surface area contributed by atoms with E-state index >= 15 is 4.39 Å². The fourth-order valence-electron chi connectivity index (χ4n) is 8.58. The van der Waals surface area contributed by atoms with Gasteiger partial charge in [0.05, 0.1) is 32.9 Å². The van der Waals surface area contributed by atoms with E-state index < -0.39 is 5.82 Å². The molecule has 2 N–H and O–H groups in total. The second-order valence-corrected chi connectivity index (χ2v) is 15.2. The van der Waals surface area contributed by atoms with Crippen LogP contribution in [0.2, 0.25) is 0 Å². The highest BCUT2D eigenvalue weighted by molar-refractivity contribution is 7.15. The average molecular weight is 673 g/mol. The Morgan fingerprint density at radius 3 is 2.80 bits per heavy atom. The summed E-state index contributed by atoms with van der Waals surface area (Å²) in [6, 6.07) is 16.1. The summed E-state index contributed by atoms with van der Waals surface area (Å²) < 4.78 is 26.7. The van der Waals surface area contributed by atoms with E-state index in [0.29, 0.717) is 52.9 Å². The molecule has 248 valence electrons. The molecule has 0 amide bonds. The summed E-state index contributed by atoms with van der Waals surface area (Å²) >= 11 is 1.64. The number of phenols is 1. The quantitative estimate of drug-likeness (QED) is 0.171. The highest BCUT2D eigenvalue weighted by Crippen LogP contribution is 2.51. The molecule has 10 heteroatoms. The number of phenolic OH excluding ortho intramolecular Hbond substituents is 1. The van der Waals surface area contributed by atoms with Gasteiger partial charge in [-0.1, -0.05) is 24.3 Å². The zero-order valence-corrected chi connectivity index (χ0v) is 28.4. The lowest BCUT2D eigenvalue weighted by Crippen LogP contribution is -2.38. The van der Waals surface area contributed by atoms with Crippen LogP contribution < -0.4 is 10.1 Å². The molecule has 2 bridgehead atoms. The van der Waals surface area contributed by atoms with Gasteiger partial charge in [0.2, 0.25) is 5.88 Å². The predicted octanol–water partition coefficient (Wildman–Crippen LogP) is 7.75. The summed E-state index contributed by atoms with van der Waals surface area (Å²) in [5, 5.41) is 28.3. The Labute approximate surface area is 287 Å². The molecule has 3 aliphatic heterocycles. The molecule has 10 rings (SSSR count). The van der Waals surface area contributed by atoms with E-state index in [1.54, 1.807) is 23.5 Å². The van der Waals surface area contributed by atoms with Crippen molar-refractivity contribution in [2.45, 2.75) is 57.2 Å². The molecule has 0 spiro atoms. The van der Waals surface area contributed by atoms with E-state index in [0.717, 1.165) is 69.5 Å². The molecule has 3 unspecified atom stereocenters. The number of ether oxygens (including phenoxy) is 1. The van der Waals surface area contributed by atoms with Crippen molar-refractivity contribution in [3.05, 3.63) is 71.2 Å². The molecular formula is C39H37FN6O2S. The molecule has 49 heavy (non-hydrogen) atoms. The van der Waals surface area contributed by atoms with Gasteiger partial charge in [-0.05, 0) is 92.2 Å². The number of nitrogens with one attached hydrogen (secondary N) is 1. The van der Waals surface area contributed by atoms with Gasteiger partial charge >= 0.3 is 0 Å². The van der Waals surface area contributed by atoms with Crippen LogP contribution in [0.4, 0.5) is 4.39 Å². The minimum Gasteiger partial charge on any atom is -0.508 e. The molecule has 3 aromatic heterocycles. The number of thiazole rings is 1. The fourth-order valence-corrected chi connectivity index (χ4v) is 9.38. The second kappa shape index (κ2) is 11.8. The number of hydrogen-bond acceptors (Lipinski definition) is 8. The summed E-state index contributed by atoms with van der Waals surface area (Å²) in [4.78, 5) is 13.0. The largest absolute Gasteiger partial charge is 0.508 e. The SMILES string of the molecule is Cc1ncc(-c2cn(C3C4CNC3C4)c3c2c(OC[C@@H]2CCCN2C)nc2c(F)c(-c4cc(O)cc5ccccc45)c(CCC#N)cc23)s1. The number of nitrogens with zero attached hydrogens (tertiary/aromatic N) is 5. The van der Waals surface area contributed by atoms with Crippen LogP contribution >= 0.6 is 11.3 Å². The molecule has 1 aliphatic carbocycles. The highest BCUT2D eigenvalue weighted by Gasteiger charge is 2.48. The maximum absolute atomic E-state index is 17.6. The Morgan fingerprint density at radius 1 is 1.18 bits per heavy atom. The summed E-state index contributed by atoms with van der Waals surface area (Å²) in [7, 11) is 2.13. The van der Waals surface area contributed by atoms with Crippen molar-refractivity contribution in [3.63, 3.8) is 0 Å². The third-order valence-corrected chi connectivity index (χ3v) is 12.0. The van der Waals surface area contributed by atoms with Crippen LogP contribution in [-0.2, 0) is 6.42 Å². The topological polar surface area (TPSA) is 99.2 Å². The van der Waals surface area contributed by atoms with Gasteiger partial charge in [-0.2, -0.15) is 5.26 Å². The lowest BCUT2D eigenvalue weighted by atomic mass is 9.80. The van der Waals surface area contributed by atoms with Gasteiger partial charge in [0.25, 0.3) is 0 Å². The Kier molecular flexibility index (Phi) is 7.34. The number of nitriles is 1. The molecule has 1 saturated carbocycles. The van der Waals surface area contributed by atoms with E-state index in [4.69, 9.17) is 9.72 Å². The number of aryl methyl sites for hydroxylation is 2. The Hall–Kier alpha value is -4.56. The van der Waals surface area contributed by atoms with Crippen LogP contribution in [0.25, 0.3) is 54.1 Å². The number of benzene rings is 3. The molecule has 4 fully saturated rings. The standard InChI is InChI=1S/C39H37FN6O2S/c1-21-42-18-32(49-21)30-19-46(37-24-15-31(37)43-17-24)38-29-14-23(8-5-11-41)33(28-16-26(47)13-22-7-3-4-10-27(22)28)35(40)36(29)44-39(34(30)38)48-20-25-9-6-12-45(25)2/h3-4,7,10,13-14,16,18-19,24-25,31,37,43,47H,5-6,8-9,12,15,17,20H2,1-2H3/t24?,25-,31?,37?/m0/s1. The number of likely N-dealkylation sites (tertiary alicyclic amines) is 1. The minimum absolute atomic E-state index is 0.0545. The number of pyridine rings is 1. The first-order chi connectivity index (χ1) is 23.9. The lowest BCUT2D eigenvalue weighted by molar-refractivity contribution is 0.195. The van der Waals surface area contributed by atoms with Crippen LogP contribution in [0, 0.1) is 30.0 Å². The molecule has 3 saturated heterocycles. The first kappa shape index (κ1) is 30.5. The molecule has 6 heterocycles. The van der Waals surface area contributed by atoms with Gasteiger partial charge in [0, 0.05) is 54.0 Å². The summed E-state index contributed by atoms with van der Waals surface area (Å²) in [5.74, 6) is 0.497. The smallest absolute Gasteiger partial charge is 0.224 e. The van der Waals surface area contributed by atoms with Crippen molar-refractivity contribution in [2.24, 2.45) is 5.92 Å². The zero-order chi connectivity index (χ0) is 33.4. The minimum atomic E-state index is -0.469. The monoisotopic (exact) mass is 672 g/mol. The normalized spacial score (nSPS) is 21.9. The van der Waals surface area contributed by atoms with Crippen molar-refractivity contribution in [2.75, 3.05) is 26.7 Å². The van der Waals surface area contributed by atoms with Gasteiger partial charge in [0.1, 0.15) is 17.9 Å². The molecule has 6 aromatic rings. The van der Waals surface area contributed by atoms with Crippen molar-refractivity contribution < 1.29 is 14.2 Å². The van der Waals surface area contributed by atoms with Crippen molar-refractivity contribution in [1.29, 1.82) is 5.26 Å². The number of halogens is 1. The van der Waals surface area contributed by atoms with Crippen molar-refractivity contribution >= 4 is 43.9 Å². The molecule has 0 radical (unpaired) electrons. The Bertz CT molecular complexity index is 2310. The number of aromatic hydroxyl groups is 1. The number of aromatic nitrogens is 3. The number of rotatable bonds is 8. The third kappa shape index (κ3) is 4.90. The van der Waals surface area contributed by atoms with Gasteiger partial charge in [0.15, 0.2) is 5.82 Å². The van der Waals surface area contributed by atoms with E-state index in [2.05, 4.69) is 39.1 Å². The maximum atomic E-state index is 17.6. The second-order valence-electron chi connectivity index (χ2n) is 13.9. The van der Waals surface area contributed by atoms with Gasteiger partial charge in [-0.25, -0.2) is 14.4 Å². The fraction of sp³-hybridized carbons (Fsp3) is 0.359. The number of hydrogen-bond donors (Lipinski definition) is 2. The highest BCUT2D eigenvalue weighted by atomic mass is 32.1. The van der Waals surface area contributed by atoms with Gasteiger partial charge in [-0.3, -0.25) is 0 Å². The number of fused-ring (bicyclic) bond motifs is 5.